The molecule has 30 heavy (non-hydrogen) atoms. The molecule has 9 heteroatoms. The lowest BCUT2D eigenvalue weighted by molar-refractivity contribution is -0.137. The van der Waals surface area contributed by atoms with Crippen LogP contribution in [0, 0.1) is 12.7 Å². The number of nitrogens with one attached hydrogen (secondary N) is 2. The number of alkyl halides is 3. The summed E-state index contributed by atoms with van der Waals surface area (Å²) in [5, 5.41) is 10.5. The van der Waals surface area contributed by atoms with Crippen molar-refractivity contribution in [3.05, 3.63) is 65.1 Å². The van der Waals surface area contributed by atoms with Gasteiger partial charge in [-0.15, -0.1) is 0 Å². The average molecular weight is 415 g/mol. The molecule has 0 atom stereocenters. The largest absolute Gasteiger partial charge is 0.417 e. The van der Waals surface area contributed by atoms with Crippen molar-refractivity contribution < 1.29 is 17.6 Å². The molecule has 2 aromatic carbocycles. The van der Waals surface area contributed by atoms with Crippen LogP contribution in [0.2, 0.25) is 0 Å². The SMILES string of the molecule is CCc1c(C)nc(-c2ccccc2C(F)(F)F)nc1Nc1n[nH]c2ccc(F)cc12. The number of nitrogens with zero attached hydrogens (tertiary/aromatic N) is 3. The van der Waals surface area contributed by atoms with Gasteiger partial charge < -0.3 is 5.32 Å². The van der Waals surface area contributed by atoms with Gasteiger partial charge >= 0.3 is 6.18 Å². The number of aromatic nitrogens is 4. The summed E-state index contributed by atoms with van der Waals surface area (Å²) in [6, 6.07) is 9.35. The topological polar surface area (TPSA) is 66.5 Å². The number of rotatable bonds is 4. The van der Waals surface area contributed by atoms with Gasteiger partial charge in [0, 0.05) is 22.2 Å². The van der Waals surface area contributed by atoms with Crippen LogP contribution >= 0.6 is 0 Å². The monoisotopic (exact) mass is 415 g/mol. The van der Waals surface area contributed by atoms with Gasteiger partial charge in [0.05, 0.1) is 11.1 Å². The predicted molar refractivity (Wildman–Crippen MR) is 106 cm³/mol. The van der Waals surface area contributed by atoms with Crippen molar-refractivity contribution in [3.63, 3.8) is 0 Å². The van der Waals surface area contributed by atoms with E-state index in [0.29, 0.717) is 34.7 Å². The van der Waals surface area contributed by atoms with Gasteiger partial charge in [0.1, 0.15) is 11.6 Å². The first kappa shape index (κ1) is 19.8. The van der Waals surface area contributed by atoms with E-state index in [1.54, 1.807) is 13.0 Å². The van der Waals surface area contributed by atoms with E-state index >= 15 is 0 Å². The fourth-order valence-corrected chi connectivity index (χ4v) is 3.36. The molecule has 0 spiro atoms. The van der Waals surface area contributed by atoms with E-state index in [-0.39, 0.29) is 11.4 Å². The summed E-state index contributed by atoms with van der Waals surface area (Å²) in [6.45, 7) is 3.61. The number of anilines is 2. The summed E-state index contributed by atoms with van der Waals surface area (Å²) < 4.78 is 54.1. The minimum atomic E-state index is -4.54. The summed E-state index contributed by atoms with van der Waals surface area (Å²) in [6.07, 6.45) is -3.99. The molecule has 0 aliphatic rings. The second-order valence-electron chi connectivity index (χ2n) is 6.74. The van der Waals surface area contributed by atoms with E-state index in [2.05, 4.69) is 25.5 Å². The van der Waals surface area contributed by atoms with Crippen LogP contribution < -0.4 is 5.32 Å². The zero-order valence-electron chi connectivity index (χ0n) is 16.1. The maximum atomic E-state index is 13.7. The molecule has 2 N–H and O–H groups in total. The van der Waals surface area contributed by atoms with Crippen LogP contribution in [0.4, 0.5) is 29.2 Å². The molecule has 4 rings (SSSR count). The van der Waals surface area contributed by atoms with E-state index in [9.17, 15) is 17.6 Å². The van der Waals surface area contributed by atoms with Crippen LogP contribution in [0.15, 0.2) is 42.5 Å². The van der Waals surface area contributed by atoms with Crippen LogP contribution in [0.1, 0.15) is 23.7 Å². The highest BCUT2D eigenvalue weighted by atomic mass is 19.4. The Morgan fingerprint density at radius 2 is 1.80 bits per heavy atom. The summed E-state index contributed by atoms with van der Waals surface area (Å²) >= 11 is 0. The van der Waals surface area contributed by atoms with Gasteiger partial charge in [0.15, 0.2) is 11.6 Å². The van der Waals surface area contributed by atoms with Crippen LogP contribution in [-0.4, -0.2) is 20.2 Å². The molecule has 0 radical (unpaired) electrons. The molecule has 2 aromatic heterocycles. The predicted octanol–water partition coefficient (Wildman–Crippen LogP) is 5.79. The molecule has 0 saturated carbocycles. The van der Waals surface area contributed by atoms with Crippen LogP contribution in [0.25, 0.3) is 22.3 Å². The number of aromatic amines is 1. The Balaban J connectivity index is 1.85. The first-order chi connectivity index (χ1) is 14.3. The van der Waals surface area contributed by atoms with Crippen molar-refractivity contribution in [2.45, 2.75) is 26.4 Å². The summed E-state index contributed by atoms with van der Waals surface area (Å²) in [5.74, 6) is 0.175. The van der Waals surface area contributed by atoms with Gasteiger partial charge in [0.2, 0.25) is 0 Å². The molecule has 2 heterocycles. The zero-order chi connectivity index (χ0) is 21.5. The molecule has 5 nitrogen and oxygen atoms in total. The number of hydrogen-bond donors (Lipinski definition) is 2. The van der Waals surface area contributed by atoms with Crippen molar-refractivity contribution in [3.8, 4) is 11.4 Å². The Morgan fingerprint density at radius 3 is 2.53 bits per heavy atom. The van der Waals surface area contributed by atoms with E-state index in [1.165, 1.54) is 30.3 Å². The number of H-pyrrole nitrogens is 1. The number of fused-ring (bicyclic) bond motifs is 1. The summed E-state index contributed by atoms with van der Waals surface area (Å²) in [4.78, 5) is 8.70. The number of hydrogen-bond acceptors (Lipinski definition) is 4. The molecular weight excluding hydrogens is 398 g/mol. The normalized spacial score (nSPS) is 11.8. The first-order valence-electron chi connectivity index (χ1n) is 9.22. The lowest BCUT2D eigenvalue weighted by atomic mass is 10.1. The Hall–Kier alpha value is -3.49. The third-order valence-corrected chi connectivity index (χ3v) is 4.80. The highest BCUT2D eigenvalue weighted by Crippen LogP contribution is 2.37. The molecular formula is C21H17F4N5. The second kappa shape index (κ2) is 7.40. The van der Waals surface area contributed by atoms with Gasteiger partial charge in [0.25, 0.3) is 0 Å². The Morgan fingerprint density at radius 1 is 1.03 bits per heavy atom. The van der Waals surface area contributed by atoms with Gasteiger partial charge in [-0.05, 0) is 37.6 Å². The highest BCUT2D eigenvalue weighted by Gasteiger charge is 2.34. The van der Waals surface area contributed by atoms with Gasteiger partial charge in [-0.25, -0.2) is 14.4 Å². The molecule has 0 amide bonds. The molecule has 154 valence electrons. The lowest BCUT2D eigenvalue weighted by Crippen LogP contribution is -2.10. The van der Waals surface area contributed by atoms with Crippen LogP contribution in [0.3, 0.4) is 0 Å². The fourth-order valence-electron chi connectivity index (χ4n) is 3.36. The van der Waals surface area contributed by atoms with Crippen LogP contribution in [-0.2, 0) is 12.6 Å². The molecule has 0 saturated heterocycles. The van der Waals surface area contributed by atoms with Crippen molar-refractivity contribution in [2.75, 3.05) is 5.32 Å². The molecule has 4 aromatic rings. The van der Waals surface area contributed by atoms with Crippen molar-refractivity contribution >= 4 is 22.5 Å². The molecule has 0 aliphatic heterocycles. The van der Waals surface area contributed by atoms with E-state index in [4.69, 9.17) is 0 Å². The van der Waals surface area contributed by atoms with Crippen LogP contribution in [0.5, 0.6) is 0 Å². The van der Waals surface area contributed by atoms with Crippen molar-refractivity contribution in [2.24, 2.45) is 0 Å². The second-order valence-corrected chi connectivity index (χ2v) is 6.74. The molecule has 0 unspecified atom stereocenters. The average Bonchev–Trinajstić information content (AvgIpc) is 3.09. The van der Waals surface area contributed by atoms with Gasteiger partial charge in [-0.2, -0.15) is 18.3 Å². The van der Waals surface area contributed by atoms with E-state index in [1.807, 2.05) is 6.92 Å². The zero-order valence-corrected chi connectivity index (χ0v) is 16.1. The lowest BCUT2D eigenvalue weighted by Gasteiger charge is -2.16. The number of halogens is 4. The molecule has 0 aliphatic carbocycles. The van der Waals surface area contributed by atoms with Crippen molar-refractivity contribution in [1.29, 1.82) is 0 Å². The molecule has 0 fully saturated rings. The third kappa shape index (κ3) is 3.58. The Labute approximate surface area is 169 Å². The molecule has 0 bridgehead atoms. The summed E-state index contributed by atoms with van der Waals surface area (Å²) in [7, 11) is 0. The smallest absolute Gasteiger partial charge is 0.323 e. The van der Waals surface area contributed by atoms with Crippen molar-refractivity contribution in [1.82, 2.24) is 20.2 Å². The summed E-state index contributed by atoms with van der Waals surface area (Å²) in [5.41, 5.74) is 0.970. The van der Waals surface area contributed by atoms with Gasteiger partial charge in [-0.3, -0.25) is 5.10 Å². The minimum absolute atomic E-state index is 0.0499. The minimum Gasteiger partial charge on any atom is -0.323 e. The quantitative estimate of drug-likeness (QED) is 0.414. The van der Waals surface area contributed by atoms with Gasteiger partial charge in [-0.1, -0.05) is 25.1 Å². The first-order valence-corrected chi connectivity index (χ1v) is 9.22. The Bertz CT molecular complexity index is 1230. The van der Waals surface area contributed by atoms with E-state index in [0.717, 1.165) is 11.6 Å². The number of benzene rings is 2. The number of aryl methyl sites for hydroxylation is 1. The standard InChI is InChI=1S/C21H17F4N5/c1-3-13-11(2)26-19(14-6-4-5-7-16(14)21(23,24)25)27-18(13)28-20-15-10-12(22)8-9-17(15)29-30-20/h4-10H,3H2,1-2H3,(H2,26,27,28,29,30). The fraction of sp³-hybridized carbons (Fsp3) is 0.190. The third-order valence-electron chi connectivity index (χ3n) is 4.80. The maximum Gasteiger partial charge on any atom is 0.417 e. The van der Waals surface area contributed by atoms with E-state index < -0.39 is 17.6 Å². The Kier molecular flexibility index (Phi) is 4.89. The highest BCUT2D eigenvalue weighted by molar-refractivity contribution is 5.91. The maximum absolute atomic E-state index is 13.7.